The van der Waals surface area contributed by atoms with Crippen LogP contribution in [0.1, 0.15) is 32.8 Å². The Bertz CT molecular complexity index is 433. The number of nitrogens with one attached hydrogen (secondary N) is 1. The molecule has 0 aliphatic rings. The highest BCUT2D eigenvalue weighted by atomic mass is 16.5. The van der Waals surface area contributed by atoms with E-state index in [0.29, 0.717) is 13.0 Å². The Morgan fingerprint density at radius 3 is 2.42 bits per heavy atom. The van der Waals surface area contributed by atoms with Gasteiger partial charge in [-0.25, -0.2) is 0 Å². The molecule has 1 N–H and O–H groups in total. The van der Waals surface area contributed by atoms with Crippen LogP contribution in [0, 0.1) is 0 Å². The average molecular weight is 262 g/mol. The lowest BCUT2D eigenvalue weighted by Crippen LogP contribution is -2.41. The predicted octanol–water partition coefficient (Wildman–Crippen LogP) is 2.38. The fourth-order valence-corrected chi connectivity index (χ4v) is 1.52. The lowest BCUT2D eigenvalue weighted by Gasteiger charge is -2.23. The fourth-order valence-electron chi connectivity index (χ4n) is 1.52. The summed E-state index contributed by atoms with van der Waals surface area (Å²) in [6.45, 7) is 6.64. The smallest absolute Gasteiger partial charge is 0.307 e. The molecule has 0 aliphatic carbocycles. The standard InChI is InChI=1S/C15H22N2O2/c1-15(2,3)17-14(12-8-6-5-7-9-12)16-11-10-13(18)19-4/h5-9H,10-11H2,1-4H3,(H,16,17). The molecule has 4 nitrogen and oxygen atoms in total. The maximum atomic E-state index is 11.1. The molecule has 0 saturated heterocycles. The van der Waals surface area contributed by atoms with Crippen LogP contribution < -0.4 is 5.32 Å². The van der Waals surface area contributed by atoms with Gasteiger partial charge in [-0.1, -0.05) is 30.3 Å². The highest BCUT2D eigenvalue weighted by Crippen LogP contribution is 2.06. The van der Waals surface area contributed by atoms with Gasteiger partial charge in [-0.15, -0.1) is 0 Å². The molecule has 1 aromatic carbocycles. The molecule has 1 rings (SSSR count). The second-order valence-corrected chi connectivity index (χ2v) is 5.30. The summed E-state index contributed by atoms with van der Waals surface area (Å²) >= 11 is 0. The molecular weight excluding hydrogens is 240 g/mol. The van der Waals surface area contributed by atoms with Crippen molar-refractivity contribution in [1.82, 2.24) is 5.32 Å². The van der Waals surface area contributed by atoms with Crippen LogP contribution in [0.15, 0.2) is 35.3 Å². The van der Waals surface area contributed by atoms with E-state index in [4.69, 9.17) is 0 Å². The summed E-state index contributed by atoms with van der Waals surface area (Å²) in [6, 6.07) is 9.89. The zero-order chi connectivity index (χ0) is 14.3. The van der Waals surface area contributed by atoms with Gasteiger partial charge in [-0.2, -0.15) is 0 Å². The molecule has 0 aromatic heterocycles. The number of ether oxygens (including phenoxy) is 1. The number of carbonyl (C=O) groups excluding carboxylic acids is 1. The van der Waals surface area contributed by atoms with E-state index in [-0.39, 0.29) is 11.5 Å². The molecule has 19 heavy (non-hydrogen) atoms. The number of hydrogen-bond acceptors (Lipinski definition) is 3. The molecule has 1 aromatic rings. The van der Waals surface area contributed by atoms with Gasteiger partial charge >= 0.3 is 5.97 Å². The van der Waals surface area contributed by atoms with E-state index in [2.05, 4.69) is 35.8 Å². The molecule has 0 fully saturated rings. The highest BCUT2D eigenvalue weighted by molar-refractivity contribution is 5.99. The first-order valence-corrected chi connectivity index (χ1v) is 6.37. The van der Waals surface area contributed by atoms with E-state index >= 15 is 0 Å². The minimum atomic E-state index is -0.244. The zero-order valence-corrected chi connectivity index (χ0v) is 12.1. The van der Waals surface area contributed by atoms with E-state index in [1.54, 1.807) is 0 Å². The van der Waals surface area contributed by atoms with Crippen LogP contribution in [0.4, 0.5) is 0 Å². The van der Waals surface area contributed by atoms with Crippen LogP contribution in [-0.2, 0) is 9.53 Å². The third-order valence-corrected chi connectivity index (χ3v) is 2.35. The van der Waals surface area contributed by atoms with Crippen molar-refractivity contribution in [3.8, 4) is 0 Å². The van der Waals surface area contributed by atoms with E-state index in [9.17, 15) is 4.79 Å². The molecule has 4 heteroatoms. The summed E-state index contributed by atoms with van der Waals surface area (Å²) in [5.74, 6) is 0.559. The second kappa shape index (κ2) is 6.92. The number of benzene rings is 1. The molecule has 0 radical (unpaired) electrons. The van der Waals surface area contributed by atoms with Crippen molar-refractivity contribution in [2.45, 2.75) is 32.7 Å². The van der Waals surface area contributed by atoms with Crippen LogP contribution in [-0.4, -0.2) is 31.0 Å². The van der Waals surface area contributed by atoms with E-state index in [1.807, 2.05) is 30.3 Å². The third-order valence-electron chi connectivity index (χ3n) is 2.35. The Morgan fingerprint density at radius 1 is 1.26 bits per heavy atom. The fraction of sp³-hybridized carbons (Fsp3) is 0.467. The van der Waals surface area contributed by atoms with Crippen molar-refractivity contribution >= 4 is 11.8 Å². The molecule has 0 amide bonds. The Labute approximate surface area is 114 Å². The van der Waals surface area contributed by atoms with Crippen LogP contribution in [0.25, 0.3) is 0 Å². The molecule has 0 atom stereocenters. The molecule has 0 saturated carbocycles. The van der Waals surface area contributed by atoms with Gasteiger partial charge in [0.2, 0.25) is 0 Å². The molecule has 0 unspecified atom stereocenters. The van der Waals surface area contributed by atoms with Crippen LogP contribution in [0.2, 0.25) is 0 Å². The van der Waals surface area contributed by atoms with Crippen LogP contribution >= 0.6 is 0 Å². The van der Waals surface area contributed by atoms with E-state index in [1.165, 1.54) is 7.11 Å². The molecule has 0 spiro atoms. The predicted molar refractivity (Wildman–Crippen MR) is 77.4 cm³/mol. The van der Waals surface area contributed by atoms with Gasteiger partial charge < -0.3 is 10.1 Å². The Morgan fingerprint density at radius 2 is 1.89 bits per heavy atom. The average Bonchev–Trinajstić information content (AvgIpc) is 2.37. The summed E-state index contributed by atoms with van der Waals surface area (Å²) < 4.78 is 4.61. The molecule has 104 valence electrons. The maximum Gasteiger partial charge on any atom is 0.307 e. The maximum absolute atomic E-state index is 11.1. The van der Waals surface area contributed by atoms with Crippen molar-refractivity contribution < 1.29 is 9.53 Å². The Balaban J connectivity index is 2.81. The Hall–Kier alpha value is -1.84. The van der Waals surface area contributed by atoms with Crippen molar-refractivity contribution in [2.24, 2.45) is 4.99 Å². The van der Waals surface area contributed by atoms with Gasteiger partial charge in [0.1, 0.15) is 5.84 Å². The van der Waals surface area contributed by atoms with Crippen molar-refractivity contribution in [3.63, 3.8) is 0 Å². The van der Waals surface area contributed by atoms with Gasteiger partial charge in [0.25, 0.3) is 0 Å². The second-order valence-electron chi connectivity index (χ2n) is 5.30. The summed E-state index contributed by atoms with van der Waals surface area (Å²) in [6.07, 6.45) is 0.290. The molecule has 0 aliphatic heterocycles. The summed E-state index contributed by atoms with van der Waals surface area (Å²) in [7, 11) is 1.39. The van der Waals surface area contributed by atoms with Gasteiger partial charge in [0.15, 0.2) is 0 Å². The number of nitrogens with zero attached hydrogens (tertiary/aromatic N) is 1. The topological polar surface area (TPSA) is 50.7 Å². The zero-order valence-electron chi connectivity index (χ0n) is 12.1. The number of rotatable bonds is 4. The Kier molecular flexibility index (Phi) is 5.55. The lowest BCUT2D eigenvalue weighted by atomic mass is 10.1. The van der Waals surface area contributed by atoms with Crippen molar-refractivity contribution in [1.29, 1.82) is 0 Å². The van der Waals surface area contributed by atoms with Crippen LogP contribution in [0.5, 0.6) is 0 Å². The highest BCUT2D eigenvalue weighted by Gasteiger charge is 2.13. The van der Waals surface area contributed by atoms with Gasteiger partial charge in [0, 0.05) is 11.1 Å². The molecule has 0 bridgehead atoms. The normalized spacial score (nSPS) is 12.1. The minimum Gasteiger partial charge on any atom is -0.469 e. The monoisotopic (exact) mass is 262 g/mol. The number of amidine groups is 1. The largest absolute Gasteiger partial charge is 0.469 e. The summed E-state index contributed by atoms with van der Waals surface area (Å²) in [5, 5.41) is 3.36. The van der Waals surface area contributed by atoms with Crippen molar-refractivity contribution in [3.05, 3.63) is 35.9 Å². The quantitative estimate of drug-likeness (QED) is 0.515. The molecule has 0 heterocycles. The molecular formula is C15H22N2O2. The number of methoxy groups -OCH3 is 1. The van der Waals surface area contributed by atoms with E-state index in [0.717, 1.165) is 11.4 Å². The summed E-state index contributed by atoms with van der Waals surface area (Å²) in [4.78, 5) is 15.6. The minimum absolute atomic E-state index is 0.0834. The van der Waals surface area contributed by atoms with Gasteiger partial charge in [-0.05, 0) is 20.8 Å². The number of hydrogen-bond donors (Lipinski definition) is 1. The van der Waals surface area contributed by atoms with Gasteiger partial charge in [-0.3, -0.25) is 9.79 Å². The van der Waals surface area contributed by atoms with E-state index < -0.39 is 0 Å². The first-order valence-electron chi connectivity index (χ1n) is 6.37. The third kappa shape index (κ3) is 6.04. The SMILES string of the molecule is COC(=O)CCN=C(NC(C)(C)C)c1ccccc1. The summed E-state index contributed by atoms with van der Waals surface area (Å²) in [5.41, 5.74) is 0.933. The number of carbonyl (C=O) groups is 1. The number of esters is 1. The first kappa shape index (κ1) is 15.2. The van der Waals surface area contributed by atoms with Crippen LogP contribution in [0.3, 0.4) is 0 Å². The lowest BCUT2D eigenvalue weighted by molar-refractivity contribution is -0.140. The first-order chi connectivity index (χ1) is 8.92. The van der Waals surface area contributed by atoms with Gasteiger partial charge in [0.05, 0.1) is 20.1 Å². The van der Waals surface area contributed by atoms with Crippen molar-refractivity contribution in [2.75, 3.05) is 13.7 Å². The number of aliphatic imine (C=N–C) groups is 1.